The zero-order valence-electron chi connectivity index (χ0n) is 10.7. The van der Waals surface area contributed by atoms with Crippen molar-refractivity contribution in [2.45, 2.75) is 25.8 Å². The maximum atomic E-state index is 10.9. The van der Waals surface area contributed by atoms with E-state index in [1.54, 1.807) is 7.11 Å². The van der Waals surface area contributed by atoms with Crippen LogP contribution in [0.1, 0.15) is 31.4 Å². The van der Waals surface area contributed by atoms with Crippen LogP contribution in [0.3, 0.4) is 0 Å². The Morgan fingerprint density at radius 1 is 1.50 bits per heavy atom. The highest BCUT2D eigenvalue weighted by molar-refractivity contribution is 9.10. The van der Waals surface area contributed by atoms with Crippen LogP contribution in [0.2, 0.25) is 0 Å². The lowest BCUT2D eigenvalue weighted by molar-refractivity contribution is -0.118. The van der Waals surface area contributed by atoms with E-state index in [1.165, 1.54) is 0 Å². The molecule has 4 N–H and O–H groups in total. The largest absolute Gasteiger partial charge is 0.496 e. The Bertz CT molecular complexity index is 423. The van der Waals surface area contributed by atoms with Crippen molar-refractivity contribution in [3.63, 3.8) is 0 Å². The number of benzene rings is 1. The van der Waals surface area contributed by atoms with Gasteiger partial charge in [-0.25, -0.2) is 0 Å². The minimum absolute atomic E-state index is 0.154. The Kier molecular flexibility index (Phi) is 5.62. The van der Waals surface area contributed by atoms with Crippen LogP contribution in [-0.2, 0) is 4.79 Å². The number of carbonyl (C=O) groups excluding carboxylic acids is 1. The lowest BCUT2D eigenvalue weighted by Crippen LogP contribution is -2.20. The van der Waals surface area contributed by atoms with E-state index in [4.69, 9.17) is 16.2 Å². The predicted molar refractivity (Wildman–Crippen MR) is 75.2 cm³/mol. The number of halogens is 1. The fourth-order valence-corrected chi connectivity index (χ4v) is 2.36. The van der Waals surface area contributed by atoms with E-state index in [0.29, 0.717) is 12.8 Å². The van der Waals surface area contributed by atoms with Crippen LogP contribution < -0.4 is 16.2 Å². The van der Waals surface area contributed by atoms with Gasteiger partial charge in [0.1, 0.15) is 5.75 Å². The minimum Gasteiger partial charge on any atom is -0.496 e. The normalized spacial score (nSPS) is 14.0. The van der Waals surface area contributed by atoms with Crippen LogP contribution in [0.4, 0.5) is 0 Å². The predicted octanol–water partition coefficient (Wildman–Crippen LogP) is 2.36. The lowest BCUT2D eigenvalue weighted by atomic mass is 9.94. The molecule has 0 aromatic heterocycles. The molecule has 0 bridgehead atoms. The fraction of sp³-hybridized carbons (Fsp3) is 0.462. The van der Waals surface area contributed by atoms with E-state index in [-0.39, 0.29) is 17.9 Å². The minimum atomic E-state index is -0.295. The zero-order chi connectivity index (χ0) is 13.7. The third-order valence-corrected chi connectivity index (χ3v) is 3.29. The highest BCUT2D eigenvalue weighted by atomic mass is 79.9. The number of amides is 1. The molecule has 0 radical (unpaired) electrons. The highest BCUT2D eigenvalue weighted by Crippen LogP contribution is 2.31. The molecule has 2 atom stereocenters. The second-order valence-electron chi connectivity index (χ2n) is 4.50. The van der Waals surface area contributed by atoms with Gasteiger partial charge in [-0.05, 0) is 30.5 Å². The van der Waals surface area contributed by atoms with E-state index >= 15 is 0 Å². The van der Waals surface area contributed by atoms with Gasteiger partial charge >= 0.3 is 0 Å². The molecule has 0 spiro atoms. The number of nitrogens with two attached hydrogens (primary N) is 2. The summed E-state index contributed by atoms with van der Waals surface area (Å²) in [5, 5.41) is 0. The molecule has 1 aromatic carbocycles. The first-order chi connectivity index (χ1) is 8.43. The van der Waals surface area contributed by atoms with Crippen molar-refractivity contribution < 1.29 is 9.53 Å². The van der Waals surface area contributed by atoms with Gasteiger partial charge in [0.15, 0.2) is 0 Å². The van der Waals surface area contributed by atoms with Crippen molar-refractivity contribution in [1.29, 1.82) is 0 Å². The highest BCUT2D eigenvalue weighted by Gasteiger charge is 2.16. The Morgan fingerprint density at radius 3 is 2.72 bits per heavy atom. The number of carbonyl (C=O) groups is 1. The van der Waals surface area contributed by atoms with Gasteiger partial charge in [-0.2, -0.15) is 0 Å². The Morgan fingerprint density at radius 2 is 2.17 bits per heavy atom. The molecule has 5 heteroatoms. The van der Waals surface area contributed by atoms with Gasteiger partial charge in [-0.3, -0.25) is 4.79 Å². The van der Waals surface area contributed by atoms with E-state index in [1.807, 2.05) is 25.1 Å². The summed E-state index contributed by atoms with van der Waals surface area (Å²) in [5.41, 5.74) is 12.3. The first kappa shape index (κ1) is 15.0. The van der Waals surface area contributed by atoms with Gasteiger partial charge in [0, 0.05) is 22.5 Å². The molecule has 0 aliphatic heterocycles. The molecule has 18 heavy (non-hydrogen) atoms. The number of hydrogen-bond acceptors (Lipinski definition) is 3. The molecule has 0 aliphatic rings. The summed E-state index contributed by atoms with van der Waals surface area (Å²) >= 11 is 3.42. The maximum Gasteiger partial charge on any atom is 0.217 e. The number of rotatable bonds is 6. The molecule has 4 nitrogen and oxygen atoms in total. The first-order valence-electron chi connectivity index (χ1n) is 5.81. The number of hydrogen-bond donors (Lipinski definition) is 2. The van der Waals surface area contributed by atoms with E-state index in [0.717, 1.165) is 15.8 Å². The van der Waals surface area contributed by atoms with Gasteiger partial charge < -0.3 is 16.2 Å². The molecule has 0 saturated heterocycles. The molecule has 0 aliphatic carbocycles. The fourth-order valence-electron chi connectivity index (χ4n) is 1.98. The molecule has 100 valence electrons. The van der Waals surface area contributed by atoms with Gasteiger partial charge in [-0.15, -0.1) is 0 Å². The summed E-state index contributed by atoms with van der Waals surface area (Å²) in [6.07, 6.45) is 1.04. The van der Waals surface area contributed by atoms with Gasteiger partial charge in [0.05, 0.1) is 7.11 Å². The molecule has 0 saturated carbocycles. The second-order valence-corrected chi connectivity index (χ2v) is 5.42. The molecule has 1 aromatic rings. The van der Waals surface area contributed by atoms with Crippen LogP contribution in [0.25, 0.3) is 0 Å². The molecule has 2 unspecified atom stereocenters. The monoisotopic (exact) mass is 314 g/mol. The van der Waals surface area contributed by atoms with Crippen molar-refractivity contribution in [1.82, 2.24) is 0 Å². The molecular formula is C13H19BrN2O2. The Balaban J connectivity index is 2.79. The van der Waals surface area contributed by atoms with Gasteiger partial charge in [0.2, 0.25) is 5.91 Å². The Hall–Kier alpha value is -1.07. The molecule has 1 amide bonds. The first-order valence-corrected chi connectivity index (χ1v) is 6.60. The van der Waals surface area contributed by atoms with Crippen molar-refractivity contribution in [3.8, 4) is 5.75 Å². The summed E-state index contributed by atoms with van der Waals surface area (Å²) < 4.78 is 6.25. The van der Waals surface area contributed by atoms with Crippen molar-refractivity contribution >= 4 is 21.8 Å². The van der Waals surface area contributed by atoms with Gasteiger partial charge in [0.25, 0.3) is 0 Å². The van der Waals surface area contributed by atoms with E-state index in [2.05, 4.69) is 15.9 Å². The van der Waals surface area contributed by atoms with Gasteiger partial charge in [-0.1, -0.05) is 22.9 Å². The summed E-state index contributed by atoms with van der Waals surface area (Å²) in [6, 6.07) is 5.55. The van der Waals surface area contributed by atoms with E-state index in [9.17, 15) is 4.79 Å². The number of ether oxygens (including phenoxy) is 1. The lowest BCUT2D eigenvalue weighted by Gasteiger charge is -2.19. The number of primary amides is 1. The second kappa shape index (κ2) is 6.75. The third kappa shape index (κ3) is 4.31. The summed E-state index contributed by atoms with van der Waals surface area (Å²) in [5.74, 6) is 0.620. The average Bonchev–Trinajstić information content (AvgIpc) is 2.27. The molecule has 0 heterocycles. The zero-order valence-corrected chi connectivity index (χ0v) is 12.2. The van der Waals surface area contributed by atoms with E-state index < -0.39 is 0 Å². The van der Waals surface area contributed by atoms with Crippen LogP contribution in [-0.4, -0.2) is 13.0 Å². The SMILES string of the molecule is COc1ccc(Br)cc1C(N)CC(C)CC(N)=O. The molecule has 0 fully saturated rings. The average molecular weight is 315 g/mol. The number of methoxy groups -OCH3 is 1. The third-order valence-electron chi connectivity index (χ3n) is 2.80. The molecule has 1 rings (SSSR count). The van der Waals surface area contributed by atoms with Crippen LogP contribution >= 0.6 is 15.9 Å². The van der Waals surface area contributed by atoms with Crippen molar-refractivity contribution in [2.24, 2.45) is 17.4 Å². The summed E-state index contributed by atoms with van der Waals surface area (Å²) in [7, 11) is 1.62. The van der Waals surface area contributed by atoms with Crippen LogP contribution in [0, 0.1) is 5.92 Å². The maximum absolute atomic E-state index is 10.9. The Labute approximate surface area is 116 Å². The van der Waals surface area contributed by atoms with Crippen molar-refractivity contribution in [2.75, 3.05) is 7.11 Å². The van der Waals surface area contributed by atoms with Crippen LogP contribution in [0.5, 0.6) is 5.75 Å². The van der Waals surface area contributed by atoms with Crippen molar-refractivity contribution in [3.05, 3.63) is 28.2 Å². The molecular weight excluding hydrogens is 296 g/mol. The summed E-state index contributed by atoms with van der Waals surface area (Å²) in [4.78, 5) is 10.9. The summed E-state index contributed by atoms with van der Waals surface area (Å²) in [6.45, 7) is 1.97. The smallest absolute Gasteiger partial charge is 0.217 e. The van der Waals surface area contributed by atoms with Crippen LogP contribution in [0.15, 0.2) is 22.7 Å². The standard InChI is InChI=1S/C13H19BrN2O2/c1-8(6-13(16)17)5-11(15)10-7-9(14)3-4-12(10)18-2/h3-4,7-8,11H,5-6,15H2,1-2H3,(H2,16,17). The quantitative estimate of drug-likeness (QED) is 0.846. The topological polar surface area (TPSA) is 78.3 Å².